The van der Waals surface area contributed by atoms with Crippen molar-refractivity contribution in [1.29, 1.82) is 0 Å². The molecule has 0 bridgehead atoms. The van der Waals surface area contributed by atoms with Gasteiger partial charge in [0.2, 0.25) is 0 Å². The molecule has 0 saturated heterocycles. The van der Waals surface area contributed by atoms with Crippen molar-refractivity contribution >= 4 is 37.8 Å². The number of hydrogen-bond donors (Lipinski definition) is 1. The van der Waals surface area contributed by atoms with E-state index in [1.54, 1.807) is 0 Å². The van der Waals surface area contributed by atoms with Gasteiger partial charge in [-0.25, -0.2) is 13.8 Å². The predicted octanol–water partition coefficient (Wildman–Crippen LogP) is 3.30. The summed E-state index contributed by atoms with van der Waals surface area (Å²) in [5.41, 5.74) is 0.386. The van der Waals surface area contributed by atoms with E-state index in [0.29, 0.717) is 5.56 Å². The van der Waals surface area contributed by atoms with E-state index in [1.807, 2.05) is 0 Å². The van der Waals surface area contributed by atoms with Crippen LogP contribution in [0.2, 0.25) is 0 Å². The molecule has 0 fully saturated rings. The zero-order valence-corrected chi connectivity index (χ0v) is 11.1. The van der Waals surface area contributed by atoms with Crippen LogP contribution in [0.1, 0.15) is 23.2 Å². The summed E-state index contributed by atoms with van der Waals surface area (Å²) in [6, 6.07) is 1.37. The molecule has 1 aromatic heterocycles. The van der Waals surface area contributed by atoms with Crippen molar-refractivity contribution in [2.75, 3.05) is 0 Å². The van der Waals surface area contributed by atoms with E-state index < -0.39 is 12.4 Å². The number of carboxylic acids is 1. The van der Waals surface area contributed by atoms with Gasteiger partial charge in [0, 0.05) is 5.33 Å². The molecule has 16 heavy (non-hydrogen) atoms. The molecule has 0 radical (unpaired) electrons. The first-order valence-electron chi connectivity index (χ1n) is 4.19. The summed E-state index contributed by atoms with van der Waals surface area (Å²) in [5, 5.41) is 8.81. The third kappa shape index (κ3) is 3.21. The molecule has 0 aliphatic carbocycles. The minimum Gasteiger partial charge on any atom is -0.481 e. The number of halogens is 4. The maximum Gasteiger partial charge on any atom is 0.309 e. The first-order chi connectivity index (χ1) is 7.45. The van der Waals surface area contributed by atoms with E-state index in [0.717, 1.165) is 0 Å². The van der Waals surface area contributed by atoms with Gasteiger partial charge in [0.25, 0.3) is 6.43 Å². The molecule has 88 valence electrons. The van der Waals surface area contributed by atoms with Gasteiger partial charge >= 0.3 is 5.97 Å². The molecule has 0 saturated carbocycles. The number of aliphatic carboxylic acids is 1. The second-order valence-corrected chi connectivity index (χ2v) is 4.29. The van der Waals surface area contributed by atoms with Crippen LogP contribution in [0.15, 0.2) is 10.7 Å². The summed E-state index contributed by atoms with van der Waals surface area (Å²) in [6.45, 7) is 0. The number of rotatable bonds is 4. The summed E-state index contributed by atoms with van der Waals surface area (Å²) in [5.74, 6) is -1.05. The predicted molar refractivity (Wildman–Crippen MR) is 60.9 cm³/mol. The number of carboxylic acid groups (broad SMARTS) is 1. The van der Waals surface area contributed by atoms with E-state index in [1.165, 1.54) is 6.07 Å². The van der Waals surface area contributed by atoms with Crippen molar-refractivity contribution in [1.82, 2.24) is 4.98 Å². The van der Waals surface area contributed by atoms with Crippen molar-refractivity contribution in [3.8, 4) is 0 Å². The van der Waals surface area contributed by atoms with Gasteiger partial charge in [-0.1, -0.05) is 15.9 Å². The second-order valence-electron chi connectivity index (χ2n) is 2.98. The highest BCUT2D eigenvalue weighted by Gasteiger charge is 2.19. The summed E-state index contributed by atoms with van der Waals surface area (Å²) in [6.07, 6.45) is -2.93. The zero-order valence-electron chi connectivity index (χ0n) is 7.88. The Balaban J connectivity index is 3.20. The van der Waals surface area contributed by atoms with Crippen LogP contribution >= 0.6 is 31.9 Å². The smallest absolute Gasteiger partial charge is 0.309 e. The average Bonchev–Trinajstić information content (AvgIpc) is 2.14. The van der Waals surface area contributed by atoms with Crippen LogP contribution in [-0.2, 0) is 16.5 Å². The molecule has 0 amide bonds. The summed E-state index contributed by atoms with van der Waals surface area (Å²) >= 11 is 6.01. The van der Waals surface area contributed by atoms with Gasteiger partial charge in [-0.05, 0) is 27.6 Å². The highest BCUT2D eigenvalue weighted by molar-refractivity contribution is 9.10. The fourth-order valence-electron chi connectivity index (χ4n) is 1.22. The maximum atomic E-state index is 12.7. The fraction of sp³-hybridized carbons (Fsp3) is 0.333. The molecule has 1 N–H and O–H groups in total. The Morgan fingerprint density at radius 3 is 2.62 bits per heavy atom. The van der Waals surface area contributed by atoms with Gasteiger partial charge < -0.3 is 5.11 Å². The van der Waals surface area contributed by atoms with E-state index in [9.17, 15) is 13.6 Å². The molecule has 0 unspecified atom stereocenters. The van der Waals surface area contributed by atoms with Crippen LogP contribution in [0.4, 0.5) is 8.78 Å². The topological polar surface area (TPSA) is 50.2 Å². The standard InChI is InChI=1S/C9H7Br2F2NO2/c10-3-4-1-5(2-6(15)16)14-8(11)7(4)9(12)13/h1,9H,2-3H2,(H,15,16). The number of carbonyl (C=O) groups is 1. The lowest BCUT2D eigenvalue weighted by Crippen LogP contribution is -2.06. The second kappa shape index (κ2) is 5.67. The van der Waals surface area contributed by atoms with Crippen molar-refractivity contribution in [3.05, 3.63) is 27.5 Å². The minimum absolute atomic E-state index is 0.00398. The highest BCUT2D eigenvalue weighted by atomic mass is 79.9. The Morgan fingerprint density at radius 2 is 2.19 bits per heavy atom. The molecule has 1 aromatic rings. The molecule has 1 heterocycles. The number of hydrogen-bond acceptors (Lipinski definition) is 2. The van der Waals surface area contributed by atoms with Gasteiger partial charge in [-0.3, -0.25) is 4.79 Å². The molecule has 0 aliphatic heterocycles. The molecule has 0 aliphatic rings. The number of pyridine rings is 1. The maximum absolute atomic E-state index is 12.7. The van der Waals surface area contributed by atoms with Crippen LogP contribution in [0.3, 0.4) is 0 Å². The molecule has 1 rings (SSSR count). The van der Waals surface area contributed by atoms with E-state index in [4.69, 9.17) is 5.11 Å². The zero-order chi connectivity index (χ0) is 12.3. The number of nitrogens with zero attached hydrogens (tertiary/aromatic N) is 1. The van der Waals surface area contributed by atoms with E-state index >= 15 is 0 Å². The van der Waals surface area contributed by atoms with Crippen molar-refractivity contribution in [3.63, 3.8) is 0 Å². The van der Waals surface area contributed by atoms with Gasteiger partial charge in [0.15, 0.2) is 0 Å². The molecule has 7 heteroatoms. The Morgan fingerprint density at radius 1 is 1.56 bits per heavy atom. The van der Waals surface area contributed by atoms with Crippen LogP contribution in [0, 0.1) is 0 Å². The molecular weight excluding hydrogens is 352 g/mol. The summed E-state index contributed by atoms with van der Waals surface area (Å²) < 4.78 is 25.3. The monoisotopic (exact) mass is 357 g/mol. The Hall–Kier alpha value is -0.560. The minimum atomic E-state index is -2.65. The Bertz CT molecular complexity index is 413. The molecule has 0 aromatic carbocycles. The lowest BCUT2D eigenvalue weighted by atomic mass is 10.1. The molecule has 3 nitrogen and oxygen atoms in total. The first-order valence-corrected chi connectivity index (χ1v) is 6.11. The van der Waals surface area contributed by atoms with Crippen LogP contribution in [0.25, 0.3) is 0 Å². The van der Waals surface area contributed by atoms with Crippen LogP contribution < -0.4 is 0 Å². The van der Waals surface area contributed by atoms with Crippen molar-refractivity contribution in [2.24, 2.45) is 0 Å². The van der Waals surface area contributed by atoms with Crippen molar-refractivity contribution in [2.45, 2.75) is 18.2 Å². The van der Waals surface area contributed by atoms with Gasteiger partial charge in [-0.15, -0.1) is 0 Å². The van der Waals surface area contributed by atoms with Crippen LogP contribution in [0.5, 0.6) is 0 Å². The Kier molecular flexibility index (Phi) is 4.79. The Labute approximate surface area is 107 Å². The van der Waals surface area contributed by atoms with Gasteiger partial charge in [-0.2, -0.15) is 0 Å². The average molecular weight is 359 g/mol. The first kappa shape index (κ1) is 13.5. The van der Waals surface area contributed by atoms with E-state index in [2.05, 4.69) is 36.8 Å². The lowest BCUT2D eigenvalue weighted by Gasteiger charge is -2.10. The third-order valence-electron chi connectivity index (χ3n) is 1.85. The van der Waals surface area contributed by atoms with Gasteiger partial charge in [0.1, 0.15) is 4.60 Å². The van der Waals surface area contributed by atoms with Gasteiger partial charge in [0.05, 0.1) is 17.7 Å². The summed E-state index contributed by atoms with van der Waals surface area (Å²) in [4.78, 5) is 14.3. The molecule has 0 spiro atoms. The largest absolute Gasteiger partial charge is 0.481 e. The number of aromatic nitrogens is 1. The van der Waals surface area contributed by atoms with Crippen LogP contribution in [-0.4, -0.2) is 16.1 Å². The third-order valence-corrected chi connectivity index (χ3v) is 3.05. The lowest BCUT2D eigenvalue weighted by molar-refractivity contribution is -0.136. The molecule has 0 atom stereocenters. The van der Waals surface area contributed by atoms with Crippen molar-refractivity contribution < 1.29 is 18.7 Å². The quantitative estimate of drug-likeness (QED) is 0.663. The normalized spacial score (nSPS) is 10.8. The highest BCUT2D eigenvalue weighted by Crippen LogP contribution is 2.31. The SMILES string of the molecule is O=C(O)Cc1cc(CBr)c(C(F)F)c(Br)n1. The fourth-order valence-corrected chi connectivity index (χ4v) is 2.34. The van der Waals surface area contributed by atoms with E-state index in [-0.39, 0.29) is 27.6 Å². The number of alkyl halides is 3. The summed E-state index contributed by atoms with van der Waals surface area (Å²) in [7, 11) is 0. The molecular formula is C9H7Br2F2NO2.